The summed E-state index contributed by atoms with van der Waals surface area (Å²) >= 11 is 0. The lowest BCUT2D eigenvalue weighted by Gasteiger charge is -2.35. The minimum absolute atomic E-state index is 0.0513. The SMILES string of the molecule is CCS(=O)(=O)Nc1ccc(C(=O)Nc2cc(N3CCC(F)(F)CC3)c3[nH]ncc3c2)c(N2CCC3(CC2)CC3)c1. The quantitative estimate of drug-likeness (QED) is 0.359. The maximum Gasteiger partial charge on any atom is 0.257 e. The molecule has 1 saturated carbocycles. The van der Waals surface area contributed by atoms with Crippen LogP contribution in [-0.2, 0) is 10.0 Å². The van der Waals surface area contributed by atoms with Gasteiger partial charge in [0.2, 0.25) is 10.0 Å². The number of alkyl halides is 2. The Morgan fingerprint density at radius 1 is 0.950 bits per heavy atom. The number of aromatic amines is 1. The van der Waals surface area contributed by atoms with E-state index in [1.165, 1.54) is 12.8 Å². The van der Waals surface area contributed by atoms with Gasteiger partial charge in [-0.1, -0.05) is 0 Å². The zero-order chi connectivity index (χ0) is 28.1. The minimum atomic E-state index is -3.48. The maximum absolute atomic E-state index is 13.8. The zero-order valence-corrected chi connectivity index (χ0v) is 23.3. The molecule has 1 aliphatic carbocycles. The van der Waals surface area contributed by atoms with Gasteiger partial charge in [-0.15, -0.1) is 0 Å². The largest absolute Gasteiger partial charge is 0.371 e. The molecule has 1 aromatic heterocycles. The van der Waals surface area contributed by atoms with Crippen LogP contribution >= 0.6 is 0 Å². The summed E-state index contributed by atoms with van der Waals surface area (Å²) in [5.74, 6) is -3.05. The number of nitrogens with zero attached hydrogens (tertiary/aromatic N) is 3. The second kappa shape index (κ2) is 9.90. The van der Waals surface area contributed by atoms with Gasteiger partial charge in [-0.25, -0.2) is 17.2 Å². The Morgan fingerprint density at radius 2 is 1.60 bits per heavy atom. The van der Waals surface area contributed by atoms with Crippen LogP contribution in [0.3, 0.4) is 0 Å². The highest BCUT2D eigenvalue weighted by Crippen LogP contribution is 2.54. The highest BCUT2D eigenvalue weighted by molar-refractivity contribution is 7.92. The molecule has 0 bridgehead atoms. The van der Waals surface area contributed by atoms with Gasteiger partial charge in [-0.05, 0) is 68.4 Å². The Labute approximate surface area is 232 Å². The summed E-state index contributed by atoms with van der Waals surface area (Å²) in [7, 11) is -3.48. The number of carbonyl (C=O) groups excluding carboxylic acids is 1. The third kappa shape index (κ3) is 5.45. The summed E-state index contributed by atoms with van der Waals surface area (Å²) < 4.78 is 54.7. The van der Waals surface area contributed by atoms with E-state index >= 15 is 0 Å². The van der Waals surface area contributed by atoms with Gasteiger partial charge in [0.05, 0.1) is 40.1 Å². The molecule has 1 amide bonds. The second-order valence-corrected chi connectivity index (χ2v) is 13.4. The molecule has 214 valence electrons. The van der Waals surface area contributed by atoms with Gasteiger partial charge in [0.1, 0.15) is 0 Å². The van der Waals surface area contributed by atoms with Crippen LogP contribution in [0.5, 0.6) is 0 Å². The first-order chi connectivity index (χ1) is 19.1. The molecular formula is C28H34F2N6O3S. The number of piperidine rings is 2. The van der Waals surface area contributed by atoms with Crippen LogP contribution in [0.15, 0.2) is 36.5 Å². The molecule has 6 rings (SSSR count). The number of rotatable bonds is 7. The van der Waals surface area contributed by atoms with E-state index in [0.29, 0.717) is 28.0 Å². The number of aromatic nitrogens is 2. The molecule has 3 N–H and O–H groups in total. The third-order valence-corrected chi connectivity index (χ3v) is 9.95. The number of sulfonamides is 1. The van der Waals surface area contributed by atoms with Crippen LogP contribution in [0.2, 0.25) is 0 Å². The lowest BCUT2D eigenvalue weighted by Crippen LogP contribution is -2.39. The van der Waals surface area contributed by atoms with E-state index in [9.17, 15) is 22.0 Å². The van der Waals surface area contributed by atoms with Crippen LogP contribution in [-0.4, -0.2) is 62.4 Å². The van der Waals surface area contributed by atoms with Gasteiger partial charge in [0.25, 0.3) is 11.8 Å². The number of hydrogen-bond donors (Lipinski definition) is 3. The van der Waals surface area contributed by atoms with Crippen molar-refractivity contribution in [3.8, 4) is 0 Å². The molecule has 40 heavy (non-hydrogen) atoms. The highest BCUT2D eigenvalue weighted by Gasteiger charge is 2.44. The molecule has 3 aromatic rings. The molecule has 0 atom stereocenters. The molecule has 9 nitrogen and oxygen atoms in total. The summed E-state index contributed by atoms with van der Waals surface area (Å²) in [5, 5.41) is 10.9. The second-order valence-electron chi connectivity index (χ2n) is 11.4. The molecule has 0 unspecified atom stereocenters. The average molecular weight is 573 g/mol. The van der Waals surface area contributed by atoms with Crippen LogP contribution in [0.4, 0.5) is 31.5 Å². The molecular weight excluding hydrogens is 538 g/mol. The van der Waals surface area contributed by atoms with Crippen molar-refractivity contribution in [2.24, 2.45) is 5.41 Å². The van der Waals surface area contributed by atoms with Crippen molar-refractivity contribution < 1.29 is 22.0 Å². The molecule has 3 fully saturated rings. The molecule has 2 aromatic carbocycles. The summed E-state index contributed by atoms with van der Waals surface area (Å²) in [6.07, 6.45) is 5.79. The van der Waals surface area contributed by atoms with Gasteiger partial charge in [-0.3, -0.25) is 14.6 Å². The van der Waals surface area contributed by atoms with Crippen molar-refractivity contribution in [2.75, 3.05) is 51.8 Å². The molecule has 3 aliphatic rings. The Kier molecular flexibility index (Phi) is 6.63. The van der Waals surface area contributed by atoms with E-state index in [-0.39, 0.29) is 37.6 Å². The number of hydrogen-bond acceptors (Lipinski definition) is 6. The van der Waals surface area contributed by atoms with Crippen LogP contribution in [0.25, 0.3) is 10.9 Å². The number of amides is 1. The molecule has 2 saturated heterocycles. The summed E-state index contributed by atoms with van der Waals surface area (Å²) in [4.78, 5) is 17.8. The van der Waals surface area contributed by atoms with Crippen molar-refractivity contribution in [3.63, 3.8) is 0 Å². The molecule has 0 radical (unpaired) electrons. The molecule has 3 heterocycles. The fraction of sp³-hybridized carbons (Fsp3) is 0.500. The number of fused-ring (bicyclic) bond motifs is 1. The minimum Gasteiger partial charge on any atom is -0.371 e. The zero-order valence-electron chi connectivity index (χ0n) is 22.5. The van der Waals surface area contributed by atoms with Gasteiger partial charge in [0.15, 0.2) is 0 Å². The van der Waals surface area contributed by atoms with Crippen molar-refractivity contribution in [1.82, 2.24) is 10.2 Å². The van der Waals surface area contributed by atoms with Crippen molar-refractivity contribution >= 4 is 49.6 Å². The van der Waals surface area contributed by atoms with Crippen molar-refractivity contribution in [2.45, 2.75) is 51.4 Å². The van der Waals surface area contributed by atoms with Crippen LogP contribution in [0, 0.1) is 5.41 Å². The first-order valence-corrected chi connectivity index (χ1v) is 15.5. The van der Waals surface area contributed by atoms with Gasteiger partial charge in [0, 0.05) is 50.1 Å². The number of halogens is 2. The predicted octanol–water partition coefficient (Wildman–Crippen LogP) is 5.19. The third-order valence-electron chi connectivity index (χ3n) is 8.64. The molecule has 12 heteroatoms. The number of anilines is 4. The standard InChI is InChI=1S/C28H34F2N6O3S/c1-2-40(38,39)34-20-3-4-22(23(16-20)35-11-7-27(5-6-27)8-12-35)26(37)32-21-15-19-18-31-33-25(19)24(17-21)36-13-9-28(29,30)10-14-36/h3-4,15-18,34H,2,5-14H2,1H3,(H,31,33)(H,32,37). The summed E-state index contributed by atoms with van der Waals surface area (Å²) in [5.41, 5.74) is 3.97. The van der Waals surface area contributed by atoms with Gasteiger partial charge in [-0.2, -0.15) is 5.10 Å². The van der Waals surface area contributed by atoms with E-state index in [0.717, 1.165) is 42.5 Å². The topological polar surface area (TPSA) is 110 Å². The Balaban J connectivity index is 1.29. The number of benzene rings is 2. The van der Waals surface area contributed by atoms with E-state index in [4.69, 9.17) is 0 Å². The van der Waals surface area contributed by atoms with Crippen molar-refractivity contribution in [3.05, 3.63) is 42.1 Å². The fourth-order valence-corrected chi connectivity index (χ4v) is 6.46. The van der Waals surface area contributed by atoms with Crippen LogP contribution < -0.4 is 19.8 Å². The van der Waals surface area contributed by atoms with E-state index in [2.05, 4.69) is 25.1 Å². The normalized spacial score (nSPS) is 20.1. The van der Waals surface area contributed by atoms with Crippen molar-refractivity contribution in [1.29, 1.82) is 0 Å². The highest BCUT2D eigenvalue weighted by atomic mass is 32.2. The molecule has 2 aliphatic heterocycles. The van der Waals surface area contributed by atoms with E-state index in [1.807, 2.05) is 4.90 Å². The smallest absolute Gasteiger partial charge is 0.257 e. The van der Waals surface area contributed by atoms with E-state index < -0.39 is 15.9 Å². The lowest BCUT2D eigenvalue weighted by atomic mass is 9.93. The summed E-state index contributed by atoms with van der Waals surface area (Å²) in [6.45, 7) is 3.58. The first-order valence-electron chi connectivity index (χ1n) is 13.9. The van der Waals surface area contributed by atoms with Gasteiger partial charge < -0.3 is 15.1 Å². The van der Waals surface area contributed by atoms with E-state index in [1.54, 1.807) is 43.5 Å². The Morgan fingerprint density at radius 3 is 2.27 bits per heavy atom. The average Bonchev–Trinajstić information content (AvgIpc) is 3.50. The lowest BCUT2D eigenvalue weighted by molar-refractivity contribution is -0.0220. The number of nitrogens with one attached hydrogen (secondary N) is 3. The number of carbonyl (C=O) groups is 1. The molecule has 1 spiro atoms. The monoisotopic (exact) mass is 572 g/mol. The van der Waals surface area contributed by atoms with Crippen LogP contribution in [0.1, 0.15) is 55.8 Å². The Hall–Kier alpha value is -3.41. The fourth-order valence-electron chi connectivity index (χ4n) is 5.83. The maximum atomic E-state index is 13.8. The van der Waals surface area contributed by atoms with Gasteiger partial charge >= 0.3 is 0 Å². The first kappa shape index (κ1) is 26.8. The summed E-state index contributed by atoms with van der Waals surface area (Å²) in [6, 6.07) is 8.61. The predicted molar refractivity (Wildman–Crippen MR) is 153 cm³/mol. The number of H-pyrrole nitrogens is 1. The Bertz CT molecular complexity index is 1530.